The summed E-state index contributed by atoms with van der Waals surface area (Å²) in [6.07, 6.45) is 4.36. The number of hydrogen-bond acceptors (Lipinski definition) is 7. The number of non-ortho nitro benzene ring substituents is 1. The Hall–Kier alpha value is -2.36. The van der Waals surface area contributed by atoms with Crippen LogP contribution in [0.3, 0.4) is 0 Å². The van der Waals surface area contributed by atoms with Crippen LogP contribution in [-0.4, -0.2) is 39.0 Å². The molecule has 2 atom stereocenters. The van der Waals surface area contributed by atoms with Crippen molar-refractivity contribution in [3.8, 4) is 0 Å². The van der Waals surface area contributed by atoms with Crippen molar-refractivity contribution in [2.45, 2.75) is 50.7 Å². The number of hydrazine groups is 1. The molecule has 0 spiro atoms. The molecular weight excluding hydrogens is 340 g/mol. The first kappa shape index (κ1) is 20.0. The molecule has 0 heterocycles. The number of hydrogen-bond donors (Lipinski definition) is 3. The molecule has 1 aliphatic rings. The molecule has 9 heteroatoms. The summed E-state index contributed by atoms with van der Waals surface area (Å²) >= 11 is 0. The lowest BCUT2D eigenvalue weighted by atomic mass is 9.84. The quantitative estimate of drug-likeness (QED) is 0.295. The van der Waals surface area contributed by atoms with E-state index in [0.717, 1.165) is 37.8 Å². The number of rotatable bonds is 6. The lowest BCUT2D eigenvalue weighted by Crippen LogP contribution is -2.53. The van der Waals surface area contributed by atoms with Crippen LogP contribution in [0.2, 0.25) is 0 Å². The van der Waals surface area contributed by atoms with Crippen LogP contribution < -0.4 is 11.6 Å². The summed E-state index contributed by atoms with van der Waals surface area (Å²) in [4.78, 5) is 34.5. The lowest BCUT2D eigenvalue weighted by Gasteiger charge is -2.27. The van der Waals surface area contributed by atoms with Gasteiger partial charge in [-0.1, -0.05) is 32.1 Å². The highest BCUT2D eigenvalue weighted by molar-refractivity contribution is 6.05. The maximum Gasteiger partial charge on any atom is 0.274 e. The second kappa shape index (κ2) is 8.84. The molecular formula is C17H24N4O5. The number of amides is 2. The molecule has 2 amide bonds. The molecule has 142 valence electrons. The average molecular weight is 364 g/mol. The summed E-state index contributed by atoms with van der Waals surface area (Å²) < 4.78 is 0. The normalized spacial score (nSPS) is 17.3. The Labute approximate surface area is 151 Å². The second-order valence-corrected chi connectivity index (χ2v) is 6.67. The van der Waals surface area contributed by atoms with Gasteiger partial charge in [0, 0.05) is 23.7 Å². The van der Waals surface area contributed by atoms with Crippen molar-refractivity contribution in [3.63, 3.8) is 0 Å². The zero-order valence-corrected chi connectivity index (χ0v) is 14.4. The highest BCUT2D eigenvalue weighted by Gasteiger charge is 2.32. The lowest BCUT2D eigenvalue weighted by molar-refractivity contribution is -0.384. The van der Waals surface area contributed by atoms with Crippen molar-refractivity contribution in [3.05, 3.63) is 39.9 Å². The van der Waals surface area contributed by atoms with Crippen molar-refractivity contribution >= 4 is 17.5 Å². The molecule has 1 unspecified atom stereocenters. The molecule has 1 saturated carbocycles. The van der Waals surface area contributed by atoms with E-state index in [4.69, 9.17) is 11.6 Å². The Kier molecular flexibility index (Phi) is 6.78. The van der Waals surface area contributed by atoms with Crippen molar-refractivity contribution in [1.29, 1.82) is 0 Å². The monoisotopic (exact) mass is 364 g/mol. The zero-order valence-electron chi connectivity index (χ0n) is 14.4. The number of nitro benzene ring substituents is 1. The fourth-order valence-electron chi connectivity index (χ4n) is 3.23. The van der Waals surface area contributed by atoms with E-state index >= 15 is 0 Å². The van der Waals surface area contributed by atoms with Gasteiger partial charge in [0.1, 0.15) is 6.10 Å². The third-order valence-corrected chi connectivity index (χ3v) is 4.77. The topological polar surface area (TPSA) is 153 Å². The predicted molar refractivity (Wildman–Crippen MR) is 93.6 cm³/mol. The third kappa shape index (κ3) is 4.84. The summed E-state index contributed by atoms with van der Waals surface area (Å²) in [5.74, 6) is 4.05. The number of nitrogens with two attached hydrogens (primary N) is 2. The van der Waals surface area contributed by atoms with Gasteiger partial charge in [0.25, 0.3) is 17.5 Å². The van der Waals surface area contributed by atoms with Gasteiger partial charge in [-0.25, -0.2) is 10.9 Å². The van der Waals surface area contributed by atoms with Crippen LogP contribution in [-0.2, 0) is 4.79 Å². The number of nitro groups is 1. The van der Waals surface area contributed by atoms with Crippen LogP contribution in [0.15, 0.2) is 24.3 Å². The van der Waals surface area contributed by atoms with Crippen molar-refractivity contribution < 1.29 is 19.6 Å². The first-order valence-corrected chi connectivity index (χ1v) is 8.62. The van der Waals surface area contributed by atoms with E-state index in [-0.39, 0.29) is 11.3 Å². The van der Waals surface area contributed by atoms with Gasteiger partial charge in [0.05, 0.1) is 4.92 Å². The first-order valence-electron chi connectivity index (χ1n) is 8.62. The van der Waals surface area contributed by atoms with E-state index in [2.05, 4.69) is 0 Å². The van der Waals surface area contributed by atoms with Gasteiger partial charge in [-0.3, -0.25) is 19.7 Å². The van der Waals surface area contributed by atoms with E-state index in [0.29, 0.717) is 17.3 Å². The molecule has 0 radical (unpaired) electrons. The third-order valence-electron chi connectivity index (χ3n) is 4.77. The summed E-state index contributed by atoms with van der Waals surface area (Å²) in [6, 6.07) is 3.86. The Bertz CT molecular complexity index is 658. The maximum atomic E-state index is 12.3. The maximum absolute atomic E-state index is 12.3. The van der Waals surface area contributed by atoms with E-state index in [1.807, 2.05) is 0 Å². The second-order valence-electron chi connectivity index (χ2n) is 6.67. The standard InChI is InChI=1S/C17H24N4O5/c18-14(10-11-4-2-1-3-5-11)15(22)17(24)20(19)16(23)12-6-8-13(9-7-12)21(25)26/h6-9,11,14-15,22H,1-5,10,18-19H2/t14-,15?/m1/s1. The van der Waals surface area contributed by atoms with Crippen LogP contribution in [0, 0.1) is 16.0 Å². The van der Waals surface area contributed by atoms with Gasteiger partial charge in [-0.15, -0.1) is 0 Å². The highest BCUT2D eigenvalue weighted by atomic mass is 16.6. The number of aliphatic hydroxyl groups is 1. The molecule has 0 bridgehead atoms. The number of carbonyl (C=O) groups is 2. The van der Waals surface area contributed by atoms with E-state index in [1.54, 1.807) is 0 Å². The molecule has 1 aromatic carbocycles. The van der Waals surface area contributed by atoms with Gasteiger partial charge in [-0.05, 0) is 24.5 Å². The van der Waals surface area contributed by atoms with Crippen LogP contribution in [0.4, 0.5) is 5.69 Å². The smallest absolute Gasteiger partial charge is 0.274 e. The molecule has 0 aromatic heterocycles. The predicted octanol–water partition coefficient (Wildman–Crippen LogP) is 1.10. The minimum atomic E-state index is -1.58. The first-order chi connectivity index (χ1) is 12.3. The summed E-state index contributed by atoms with van der Waals surface area (Å²) in [7, 11) is 0. The Morgan fingerprint density at radius 2 is 1.81 bits per heavy atom. The number of aliphatic hydroxyl groups excluding tert-OH is 1. The SMILES string of the molecule is N[C@H](CC1CCCCC1)C(O)C(=O)N(N)C(=O)c1ccc([N+](=O)[O-])cc1. The van der Waals surface area contributed by atoms with E-state index in [1.165, 1.54) is 18.6 Å². The Balaban J connectivity index is 1.97. The minimum absolute atomic E-state index is 0.000461. The number of nitrogens with zero attached hydrogens (tertiary/aromatic N) is 2. The molecule has 1 aliphatic carbocycles. The molecule has 2 rings (SSSR count). The molecule has 9 nitrogen and oxygen atoms in total. The van der Waals surface area contributed by atoms with Crippen molar-refractivity contribution in [2.75, 3.05) is 0 Å². The molecule has 0 aliphatic heterocycles. The van der Waals surface area contributed by atoms with Crippen LogP contribution in [0.25, 0.3) is 0 Å². The van der Waals surface area contributed by atoms with Crippen LogP contribution in [0.5, 0.6) is 0 Å². The number of benzene rings is 1. The van der Waals surface area contributed by atoms with E-state index in [9.17, 15) is 24.8 Å². The summed E-state index contributed by atoms with van der Waals surface area (Å²) in [5, 5.41) is 21.1. The van der Waals surface area contributed by atoms with Crippen LogP contribution >= 0.6 is 0 Å². The van der Waals surface area contributed by atoms with E-state index < -0.39 is 28.9 Å². The summed E-state index contributed by atoms with van der Waals surface area (Å²) in [5.41, 5.74) is 5.75. The van der Waals surface area contributed by atoms with Gasteiger partial charge in [0.15, 0.2) is 0 Å². The fraction of sp³-hybridized carbons (Fsp3) is 0.529. The number of imide groups is 1. The molecule has 26 heavy (non-hydrogen) atoms. The van der Waals surface area contributed by atoms with Gasteiger partial charge in [-0.2, -0.15) is 0 Å². The van der Waals surface area contributed by atoms with Gasteiger partial charge < -0.3 is 10.8 Å². The average Bonchev–Trinajstić information content (AvgIpc) is 2.66. The fourth-order valence-corrected chi connectivity index (χ4v) is 3.23. The largest absolute Gasteiger partial charge is 0.382 e. The Morgan fingerprint density at radius 1 is 1.23 bits per heavy atom. The Morgan fingerprint density at radius 3 is 2.35 bits per heavy atom. The zero-order chi connectivity index (χ0) is 19.3. The molecule has 5 N–H and O–H groups in total. The van der Waals surface area contributed by atoms with Gasteiger partial charge >= 0.3 is 0 Å². The van der Waals surface area contributed by atoms with Crippen LogP contribution in [0.1, 0.15) is 48.9 Å². The minimum Gasteiger partial charge on any atom is -0.382 e. The molecule has 0 saturated heterocycles. The molecule has 1 aromatic rings. The summed E-state index contributed by atoms with van der Waals surface area (Å²) in [6.45, 7) is 0. The van der Waals surface area contributed by atoms with Crippen molar-refractivity contribution in [1.82, 2.24) is 5.01 Å². The van der Waals surface area contributed by atoms with Gasteiger partial charge in [0.2, 0.25) is 0 Å². The highest BCUT2D eigenvalue weighted by Crippen LogP contribution is 2.27. The molecule has 1 fully saturated rings. The van der Waals surface area contributed by atoms with Crippen molar-refractivity contribution in [2.24, 2.45) is 17.5 Å². The number of carbonyl (C=O) groups excluding carboxylic acids is 2.